The van der Waals surface area contributed by atoms with Gasteiger partial charge in [-0.25, -0.2) is 0 Å². The lowest BCUT2D eigenvalue weighted by Crippen LogP contribution is -2.51. The number of piperidine rings is 1. The number of hydrogen-bond acceptors (Lipinski definition) is 5. The Kier molecular flexibility index (Phi) is 7.87. The van der Waals surface area contributed by atoms with Crippen molar-refractivity contribution in [2.45, 2.75) is 38.8 Å². The highest BCUT2D eigenvalue weighted by molar-refractivity contribution is 5.71. The first kappa shape index (κ1) is 22.0. The average molecular weight is 398 g/mol. The molecule has 2 heterocycles. The standard InChI is InChI=1S/C24H39N5/c1-6-21-19-22(25-4)7-8-24(21)29-11-9-23(10-12-29)26(5)13-14-27-15-17-28(18-16-27)20(2)3/h6-8,19-20,23H,1,4,9-18H2,2-3,5H3. The maximum Gasteiger partial charge on any atom is 0.0629 e. The zero-order chi connectivity index (χ0) is 20.8. The highest BCUT2D eigenvalue weighted by Gasteiger charge is 2.24. The van der Waals surface area contributed by atoms with E-state index in [-0.39, 0.29) is 0 Å². The summed E-state index contributed by atoms with van der Waals surface area (Å²) in [6, 6.07) is 7.65. The molecule has 0 aromatic heterocycles. The maximum absolute atomic E-state index is 4.04. The molecule has 2 fully saturated rings. The van der Waals surface area contributed by atoms with Crippen LogP contribution in [0.2, 0.25) is 0 Å². The Bertz CT molecular complexity index is 670. The van der Waals surface area contributed by atoms with Gasteiger partial charge in [-0.15, -0.1) is 0 Å². The number of anilines is 1. The molecule has 2 saturated heterocycles. The van der Waals surface area contributed by atoms with E-state index in [4.69, 9.17) is 0 Å². The van der Waals surface area contributed by atoms with Crippen LogP contribution in [0.5, 0.6) is 0 Å². The molecule has 29 heavy (non-hydrogen) atoms. The molecule has 2 aliphatic heterocycles. The molecule has 1 aromatic rings. The van der Waals surface area contributed by atoms with E-state index in [2.05, 4.69) is 70.9 Å². The zero-order valence-electron chi connectivity index (χ0n) is 18.7. The summed E-state index contributed by atoms with van der Waals surface area (Å²) in [4.78, 5) is 14.4. The van der Waals surface area contributed by atoms with E-state index in [9.17, 15) is 0 Å². The molecule has 5 nitrogen and oxygen atoms in total. The van der Waals surface area contributed by atoms with Gasteiger partial charge in [-0.05, 0) is 64.2 Å². The monoisotopic (exact) mass is 397 g/mol. The number of likely N-dealkylation sites (N-methyl/N-ethyl adjacent to an activating group) is 1. The summed E-state index contributed by atoms with van der Waals surface area (Å²) in [5, 5.41) is 0. The van der Waals surface area contributed by atoms with Crippen LogP contribution in [-0.2, 0) is 0 Å². The largest absolute Gasteiger partial charge is 0.371 e. The molecule has 0 amide bonds. The molecule has 0 radical (unpaired) electrons. The van der Waals surface area contributed by atoms with Gasteiger partial charge < -0.3 is 9.80 Å². The van der Waals surface area contributed by atoms with Crippen molar-refractivity contribution in [3.05, 3.63) is 30.3 Å². The number of hydrogen-bond donors (Lipinski definition) is 0. The van der Waals surface area contributed by atoms with Crippen molar-refractivity contribution < 1.29 is 0 Å². The van der Waals surface area contributed by atoms with Gasteiger partial charge in [0.05, 0.1) is 5.69 Å². The molecule has 0 saturated carbocycles. The number of piperazine rings is 1. The molecule has 0 N–H and O–H groups in total. The lowest BCUT2D eigenvalue weighted by Gasteiger charge is -2.40. The summed E-state index contributed by atoms with van der Waals surface area (Å²) < 4.78 is 0. The van der Waals surface area contributed by atoms with Gasteiger partial charge in [-0.2, -0.15) is 0 Å². The van der Waals surface area contributed by atoms with Crippen molar-refractivity contribution in [3.63, 3.8) is 0 Å². The molecular formula is C24H39N5. The average Bonchev–Trinajstić information content (AvgIpc) is 2.77. The molecule has 0 atom stereocenters. The Balaban J connectivity index is 1.45. The van der Waals surface area contributed by atoms with E-state index < -0.39 is 0 Å². The quantitative estimate of drug-likeness (QED) is 0.626. The molecule has 3 rings (SSSR count). The van der Waals surface area contributed by atoms with Crippen molar-refractivity contribution in [3.8, 4) is 0 Å². The Labute approximate surface area is 177 Å². The van der Waals surface area contributed by atoms with Gasteiger partial charge >= 0.3 is 0 Å². The van der Waals surface area contributed by atoms with Gasteiger partial charge in [0.2, 0.25) is 0 Å². The first-order chi connectivity index (χ1) is 14.0. The van der Waals surface area contributed by atoms with Crippen LogP contribution in [-0.4, -0.2) is 92.9 Å². The third-order valence-corrected chi connectivity index (χ3v) is 6.75. The van der Waals surface area contributed by atoms with Crippen molar-refractivity contribution in [2.24, 2.45) is 4.99 Å². The number of benzene rings is 1. The van der Waals surface area contributed by atoms with Crippen LogP contribution in [0, 0.1) is 0 Å². The molecule has 160 valence electrons. The summed E-state index contributed by atoms with van der Waals surface area (Å²) in [5.41, 5.74) is 3.34. The third kappa shape index (κ3) is 5.68. The van der Waals surface area contributed by atoms with Gasteiger partial charge in [0.25, 0.3) is 0 Å². The lowest BCUT2D eigenvalue weighted by molar-refractivity contribution is 0.0940. The van der Waals surface area contributed by atoms with Crippen LogP contribution in [0.3, 0.4) is 0 Å². The van der Waals surface area contributed by atoms with Crippen LogP contribution in [0.1, 0.15) is 32.3 Å². The van der Waals surface area contributed by atoms with Crippen LogP contribution in [0.25, 0.3) is 6.08 Å². The molecule has 0 aliphatic carbocycles. The molecule has 0 unspecified atom stereocenters. The lowest BCUT2D eigenvalue weighted by atomic mass is 10.0. The van der Waals surface area contributed by atoms with Crippen LogP contribution in [0.4, 0.5) is 11.4 Å². The van der Waals surface area contributed by atoms with Gasteiger partial charge in [0.15, 0.2) is 0 Å². The minimum Gasteiger partial charge on any atom is -0.371 e. The van der Waals surface area contributed by atoms with Gasteiger partial charge in [0.1, 0.15) is 0 Å². The van der Waals surface area contributed by atoms with Crippen LogP contribution >= 0.6 is 0 Å². The summed E-state index contributed by atoms with van der Waals surface area (Å²) in [6.45, 7) is 21.6. The van der Waals surface area contributed by atoms with Crippen molar-refractivity contribution >= 4 is 24.2 Å². The second-order valence-electron chi connectivity index (χ2n) is 8.78. The van der Waals surface area contributed by atoms with Gasteiger partial charge in [-0.1, -0.05) is 12.7 Å². The normalized spacial score (nSPS) is 19.8. The summed E-state index contributed by atoms with van der Waals surface area (Å²) in [5.74, 6) is 0. The molecule has 2 aliphatic rings. The number of rotatable bonds is 8. The zero-order valence-corrected chi connectivity index (χ0v) is 18.7. The second-order valence-corrected chi connectivity index (χ2v) is 8.78. The smallest absolute Gasteiger partial charge is 0.0629 e. The van der Waals surface area contributed by atoms with Gasteiger partial charge in [0, 0.05) is 70.1 Å². The van der Waals surface area contributed by atoms with Crippen LogP contribution < -0.4 is 4.90 Å². The fourth-order valence-electron chi connectivity index (χ4n) is 4.62. The SMILES string of the molecule is C=Cc1cc(N=C)ccc1N1CCC(N(C)CCN2CCN(C(C)C)CC2)CC1. The minimum atomic E-state index is 0.677. The molecule has 5 heteroatoms. The second kappa shape index (κ2) is 10.4. The van der Waals surface area contributed by atoms with E-state index in [0.29, 0.717) is 12.1 Å². The first-order valence-corrected chi connectivity index (χ1v) is 11.2. The predicted molar refractivity (Wildman–Crippen MR) is 127 cm³/mol. The summed E-state index contributed by atoms with van der Waals surface area (Å²) in [7, 11) is 2.31. The molecule has 0 bridgehead atoms. The van der Waals surface area contributed by atoms with Gasteiger partial charge in [-0.3, -0.25) is 14.8 Å². The number of aliphatic imine (C=N–C) groups is 1. The topological polar surface area (TPSA) is 25.3 Å². The first-order valence-electron chi connectivity index (χ1n) is 11.2. The Hall–Kier alpha value is -1.69. The van der Waals surface area contributed by atoms with E-state index in [1.54, 1.807) is 0 Å². The van der Waals surface area contributed by atoms with Crippen LogP contribution in [0.15, 0.2) is 29.8 Å². The number of nitrogens with zero attached hydrogens (tertiary/aromatic N) is 5. The Morgan fingerprint density at radius 2 is 1.83 bits per heavy atom. The third-order valence-electron chi connectivity index (χ3n) is 6.75. The van der Waals surface area contributed by atoms with E-state index >= 15 is 0 Å². The highest BCUT2D eigenvalue weighted by Crippen LogP contribution is 2.29. The predicted octanol–water partition coefficient (Wildman–Crippen LogP) is 3.59. The van der Waals surface area contributed by atoms with E-state index in [1.807, 2.05) is 12.1 Å². The fourth-order valence-corrected chi connectivity index (χ4v) is 4.62. The summed E-state index contributed by atoms with van der Waals surface area (Å²) >= 11 is 0. The molecule has 0 spiro atoms. The minimum absolute atomic E-state index is 0.677. The Morgan fingerprint density at radius 1 is 1.14 bits per heavy atom. The highest BCUT2D eigenvalue weighted by atomic mass is 15.3. The molecule has 1 aromatic carbocycles. The van der Waals surface area contributed by atoms with Crippen molar-refractivity contribution in [2.75, 3.05) is 64.3 Å². The van der Waals surface area contributed by atoms with E-state index in [0.717, 1.165) is 24.3 Å². The van der Waals surface area contributed by atoms with E-state index in [1.165, 1.54) is 57.8 Å². The Morgan fingerprint density at radius 3 is 2.41 bits per heavy atom. The summed E-state index contributed by atoms with van der Waals surface area (Å²) in [6.07, 6.45) is 4.37. The maximum atomic E-state index is 4.04. The molecular weight excluding hydrogens is 358 g/mol. The fraction of sp³-hybridized carbons (Fsp3) is 0.625. The van der Waals surface area contributed by atoms with Crippen molar-refractivity contribution in [1.29, 1.82) is 0 Å². The van der Waals surface area contributed by atoms with Crippen molar-refractivity contribution in [1.82, 2.24) is 14.7 Å².